The third-order valence-electron chi connectivity index (χ3n) is 6.52. The summed E-state index contributed by atoms with van der Waals surface area (Å²) >= 11 is 0. The van der Waals surface area contributed by atoms with Gasteiger partial charge in [-0.15, -0.1) is 0 Å². The molecule has 1 heterocycles. The lowest BCUT2D eigenvalue weighted by Gasteiger charge is -2.38. The lowest BCUT2D eigenvalue weighted by atomic mass is 9.87. The zero-order valence-electron chi connectivity index (χ0n) is 18.0. The Morgan fingerprint density at radius 2 is 1.76 bits per heavy atom. The van der Waals surface area contributed by atoms with Crippen molar-refractivity contribution in [3.05, 3.63) is 101 Å². The van der Waals surface area contributed by atoms with E-state index in [1.54, 1.807) is 0 Å². The number of carboxylic acids is 1. The molecule has 5 nitrogen and oxygen atoms in total. The van der Waals surface area contributed by atoms with Gasteiger partial charge < -0.3 is 14.7 Å². The Morgan fingerprint density at radius 3 is 2.55 bits per heavy atom. The third-order valence-corrected chi connectivity index (χ3v) is 6.52. The predicted molar refractivity (Wildman–Crippen MR) is 121 cm³/mol. The average molecular weight is 445 g/mol. The van der Waals surface area contributed by atoms with E-state index in [0.717, 1.165) is 23.1 Å². The van der Waals surface area contributed by atoms with Crippen LogP contribution in [0.25, 0.3) is 0 Å². The molecule has 1 amide bonds. The lowest BCUT2D eigenvalue weighted by molar-refractivity contribution is -0.139. The molecular weight excluding hydrogens is 421 g/mol. The summed E-state index contributed by atoms with van der Waals surface area (Å²) in [7, 11) is 0. The van der Waals surface area contributed by atoms with Crippen molar-refractivity contribution in [1.82, 2.24) is 4.90 Å². The van der Waals surface area contributed by atoms with Gasteiger partial charge in [0, 0.05) is 18.0 Å². The Hall–Kier alpha value is -3.67. The average Bonchev–Trinajstić information content (AvgIpc) is 3.63. The molecule has 0 spiro atoms. The predicted octanol–water partition coefficient (Wildman–Crippen LogP) is 4.57. The SMILES string of the molecule is O=C(O)COc1ccc(F)cc1[C@@H]1c2ccccc2CCN1C(=O)[C@@H]1C[C@H]1c1ccccc1. The second-order valence-electron chi connectivity index (χ2n) is 8.61. The Morgan fingerprint density at radius 1 is 1.00 bits per heavy atom. The molecule has 1 aliphatic carbocycles. The molecule has 33 heavy (non-hydrogen) atoms. The van der Waals surface area contributed by atoms with Crippen molar-refractivity contribution in [3.63, 3.8) is 0 Å². The summed E-state index contributed by atoms with van der Waals surface area (Å²) in [5, 5.41) is 9.08. The molecule has 3 aromatic rings. The van der Waals surface area contributed by atoms with Gasteiger partial charge in [0.15, 0.2) is 6.61 Å². The van der Waals surface area contributed by atoms with E-state index < -0.39 is 24.4 Å². The van der Waals surface area contributed by atoms with E-state index in [2.05, 4.69) is 0 Å². The maximum atomic E-state index is 14.4. The summed E-state index contributed by atoms with van der Waals surface area (Å²) in [5.41, 5.74) is 3.63. The van der Waals surface area contributed by atoms with Crippen LogP contribution in [0.2, 0.25) is 0 Å². The summed E-state index contributed by atoms with van der Waals surface area (Å²) < 4.78 is 19.9. The number of benzene rings is 3. The summed E-state index contributed by atoms with van der Waals surface area (Å²) in [5.74, 6) is -1.20. The van der Waals surface area contributed by atoms with Crippen molar-refractivity contribution < 1.29 is 23.8 Å². The van der Waals surface area contributed by atoms with Gasteiger partial charge in [0.1, 0.15) is 11.6 Å². The fourth-order valence-corrected chi connectivity index (χ4v) is 4.89. The summed E-state index contributed by atoms with van der Waals surface area (Å²) in [4.78, 5) is 26.6. The quantitative estimate of drug-likeness (QED) is 0.604. The molecule has 5 rings (SSSR count). The van der Waals surface area contributed by atoms with Gasteiger partial charge in [-0.3, -0.25) is 4.79 Å². The monoisotopic (exact) mass is 445 g/mol. The van der Waals surface area contributed by atoms with Gasteiger partial charge in [-0.25, -0.2) is 9.18 Å². The number of halogens is 1. The number of nitrogens with zero attached hydrogens (tertiary/aromatic N) is 1. The van der Waals surface area contributed by atoms with E-state index in [1.165, 1.54) is 18.2 Å². The first-order valence-electron chi connectivity index (χ1n) is 11.1. The molecule has 0 aromatic heterocycles. The smallest absolute Gasteiger partial charge is 0.341 e. The fourth-order valence-electron chi connectivity index (χ4n) is 4.89. The number of aliphatic carboxylic acids is 1. The van der Waals surface area contributed by atoms with Crippen LogP contribution in [-0.4, -0.2) is 35.0 Å². The first-order chi connectivity index (χ1) is 16.0. The van der Waals surface area contributed by atoms with Crippen LogP contribution in [0.5, 0.6) is 5.75 Å². The van der Waals surface area contributed by atoms with E-state index >= 15 is 0 Å². The Labute approximate surface area is 191 Å². The highest BCUT2D eigenvalue weighted by Gasteiger charge is 2.48. The molecule has 6 heteroatoms. The Kier molecular flexibility index (Phi) is 5.58. The van der Waals surface area contributed by atoms with Crippen molar-refractivity contribution >= 4 is 11.9 Å². The lowest BCUT2D eigenvalue weighted by Crippen LogP contribution is -2.41. The van der Waals surface area contributed by atoms with Crippen molar-refractivity contribution in [3.8, 4) is 5.75 Å². The van der Waals surface area contributed by atoms with Crippen LogP contribution in [0.15, 0.2) is 72.8 Å². The molecule has 3 atom stereocenters. The molecule has 2 aliphatic rings. The van der Waals surface area contributed by atoms with Gasteiger partial charge in [0.25, 0.3) is 0 Å². The largest absolute Gasteiger partial charge is 0.482 e. The Balaban J connectivity index is 1.52. The minimum Gasteiger partial charge on any atom is -0.482 e. The van der Waals surface area contributed by atoms with E-state index in [4.69, 9.17) is 9.84 Å². The minimum absolute atomic E-state index is 0.0387. The number of carbonyl (C=O) groups excluding carboxylic acids is 1. The van der Waals surface area contributed by atoms with Gasteiger partial charge in [0.2, 0.25) is 5.91 Å². The van der Waals surface area contributed by atoms with Crippen LogP contribution in [0.1, 0.15) is 40.6 Å². The highest BCUT2D eigenvalue weighted by molar-refractivity contribution is 5.84. The van der Waals surface area contributed by atoms with E-state index in [0.29, 0.717) is 18.5 Å². The molecule has 0 saturated heterocycles. The minimum atomic E-state index is -1.12. The molecule has 0 unspecified atom stereocenters. The van der Waals surface area contributed by atoms with Crippen molar-refractivity contribution in [2.75, 3.05) is 13.2 Å². The zero-order valence-corrected chi connectivity index (χ0v) is 18.0. The summed E-state index contributed by atoms with van der Waals surface area (Å²) in [6, 6.07) is 21.3. The second kappa shape index (κ2) is 8.70. The number of amides is 1. The molecule has 3 aromatic carbocycles. The number of carboxylic acid groups (broad SMARTS) is 1. The van der Waals surface area contributed by atoms with Gasteiger partial charge >= 0.3 is 5.97 Å². The number of fused-ring (bicyclic) bond motifs is 1. The molecule has 1 aliphatic heterocycles. The first-order valence-corrected chi connectivity index (χ1v) is 11.1. The van der Waals surface area contributed by atoms with Crippen molar-refractivity contribution in [1.29, 1.82) is 0 Å². The van der Waals surface area contributed by atoms with Crippen LogP contribution in [0.4, 0.5) is 4.39 Å². The number of carbonyl (C=O) groups is 2. The number of ether oxygens (including phenoxy) is 1. The zero-order chi connectivity index (χ0) is 22.9. The fraction of sp³-hybridized carbons (Fsp3) is 0.259. The second-order valence-corrected chi connectivity index (χ2v) is 8.61. The summed E-state index contributed by atoms with van der Waals surface area (Å²) in [6.07, 6.45) is 1.50. The number of hydrogen-bond donors (Lipinski definition) is 1. The molecule has 1 fully saturated rings. The van der Waals surface area contributed by atoms with Crippen LogP contribution < -0.4 is 4.74 Å². The highest BCUT2D eigenvalue weighted by Crippen LogP contribution is 2.50. The standard InChI is InChI=1S/C27H24FNO4/c28-19-10-11-24(33-16-25(30)31)23(14-19)26-20-9-5-4-8-18(20)12-13-29(26)27(32)22-15-21(22)17-6-2-1-3-7-17/h1-11,14,21-22,26H,12-13,15-16H2,(H,30,31)/t21-,22+,26-/m0/s1. The van der Waals surface area contributed by atoms with E-state index in [-0.39, 0.29) is 23.5 Å². The van der Waals surface area contributed by atoms with Crippen LogP contribution in [0, 0.1) is 11.7 Å². The molecule has 1 N–H and O–H groups in total. The van der Waals surface area contributed by atoms with Crippen LogP contribution in [-0.2, 0) is 16.0 Å². The Bertz CT molecular complexity index is 1200. The molecule has 0 radical (unpaired) electrons. The van der Waals surface area contributed by atoms with E-state index in [9.17, 15) is 14.0 Å². The third kappa shape index (κ3) is 4.21. The molecular formula is C27H24FNO4. The van der Waals surface area contributed by atoms with Gasteiger partial charge in [-0.05, 0) is 53.6 Å². The van der Waals surface area contributed by atoms with Crippen molar-refractivity contribution in [2.24, 2.45) is 5.92 Å². The van der Waals surface area contributed by atoms with Crippen LogP contribution in [0.3, 0.4) is 0 Å². The number of hydrogen-bond acceptors (Lipinski definition) is 3. The van der Waals surface area contributed by atoms with Gasteiger partial charge in [-0.1, -0.05) is 54.6 Å². The summed E-state index contributed by atoms with van der Waals surface area (Å²) in [6.45, 7) is -0.0347. The van der Waals surface area contributed by atoms with Gasteiger partial charge in [-0.2, -0.15) is 0 Å². The molecule has 0 bridgehead atoms. The molecule has 168 valence electrons. The molecule has 1 saturated carbocycles. The van der Waals surface area contributed by atoms with Crippen LogP contribution >= 0.6 is 0 Å². The first kappa shape index (κ1) is 21.2. The van der Waals surface area contributed by atoms with Gasteiger partial charge in [0.05, 0.1) is 6.04 Å². The topological polar surface area (TPSA) is 66.8 Å². The van der Waals surface area contributed by atoms with Crippen molar-refractivity contribution in [2.45, 2.75) is 24.8 Å². The normalized spacial score (nSPS) is 21.2. The maximum absolute atomic E-state index is 14.4. The van der Waals surface area contributed by atoms with E-state index in [1.807, 2.05) is 59.5 Å². The maximum Gasteiger partial charge on any atom is 0.341 e. The highest BCUT2D eigenvalue weighted by atomic mass is 19.1. The number of rotatable bonds is 6.